The molecule has 0 aliphatic carbocycles. The van der Waals surface area contributed by atoms with E-state index in [-0.39, 0.29) is 5.69 Å². The van der Waals surface area contributed by atoms with E-state index in [1.54, 1.807) is 6.07 Å². The van der Waals surface area contributed by atoms with Crippen LogP contribution in [0.25, 0.3) is 0 Å². The zero-order valence-corrected chi connectivity index (χ0v) is 12.4. The number of nitrogens with zero attached hydrogens (tertiary/aromatic N) is 4. The number of hydrogen-bond donors (Lipinski definition) is 0. The SMILES string of the molecule is CN(C)c1cccc(CN(C)c2ccc([N+](=O)[O-])cn2)c1. The quantitative estimate of drug-likeness (QED) is 0.624. The molecule has 0 radical (unpaired) electrons. The highest BCUT2D eigenvalue weighted by atomic mass is 16.6. The second-order valence-electron chi connectivity index (χ2n) is 5.05. The molecule has 1 heterocycles. The smallest absolute Gasteiger partial charge is 0.287 e. The van der Waals surface area contributed by atoms with Crippen molar-refractivity contribution in [3.8, 4) is 0 Å². The fourth-order valence-electron chi connectivity index (χ4n) is 2.00. The number of rotatable bonds is 5. The Kier molecular flexibility index (Phi) is 4.37. The van der Waals surface area contributed by atoms with E-state index in [9.17, 15) is 10.1 Å². The molecule has 0 saturated heterocycles. The molecule has 1 aromatic heterocycles. The van der Waals surface area contributed by atoms with E-state index in [0.717, 1.165) is 11.3 Å². The highest BCUT2D eigenvalue weighted by Crippen LogP contribution is 2.19. The first kappa shape index (κ1) is 14.8. The topological polar surface area (TPSA) is 62.5 Å². The Morgan fingerprint density at radius 1 is 1.19 bits per heavy atom. The lowest BCUT2D eigenvalue weighted by molar-refractivity contribution is -0.385. The van der Waals surface area contributed by atoms with E-state index in [4.69, 9.17) is 0 Å². The number of nitro groups is 1. The molecule has 2 aromatic rings. The van der Waals surface area contributed by atoms with Crippen LogP contribution in [0.3, 0.4) is 0 Å². The van der Waals surface area contributed by atoms with Gasteiger partial charge in [0, 0.05) is 39.4 Å². The second kappa shape index (κ2) is 6.21. The van der Waals surface area contributed by atoms with Gasteiger partial charge in [-0.05, 0) is 23.8 Å². The van der Waals surface area contributed by atoms with Gasteiger partial charge in [-0.1, -0.05) is 12.1 Å². The molecule has 1 aromatic carbocycles. The Balaban J connectivity index is 2.12. The molecule has 110 valence electrons. The van der Waals surface area contributed by atoms with Gasteiger partial charge >= 0.3 is 0 Å². The van der Waals surface area contributed by atoms with Crippen molar-refractivity contribution in [2.45, 2.75) is 6.54 Å². The lowest BCUT2D eigenvalue weighted by atomic mass is 10.2. The summed E-state index contributed by atoms with van der Waals surface area (Å²) in [6, 6.07) is 11.4. The van der Waals surface area contributed by atoms with Gasteiger partial charge in [0.15, 0.2) is 0 Å². The summed E-state index contributed by atoms with van der Waals surface area (Å²) in [5, 5.41) is 10.6. The zero-order valence-electron chi connectivity index (χ0n) is 12.4. The van der Waals surface area contributed by atoms with Gasteiger partial charge in [0.05, 0.1) is 4.92 Å². The Morgan fingerprint density at radius 3 is 2.52 bits per heavy atom. The Labute approximate surface area is 123 Å². The number of aromatic nitrogens is 1. The van der Waals surface area contributed by atoms with Crippen molar-refractivity contribution >= 4 is 17.2 Å². The summed E-state index contributed by atoms with van der Waals surface area (Å²) in [6.45, 7) is 0.687. The number of anilines is 2. The monoisotopic (exact) mass is 286 g/mol. The molecule has 0 amide bonds. The van der Waals surface area contributed by atoms with Crippen molar-refractivity contribution in [1.82, 2.24) is 4.98 Å². The first-order chi connectivity index (χ1) is 9.97. The Hall–Kier alpha value is -2.63. The first-order valence-electron chi connectivity index (χ1n) is 6.55. The minimum Gasteiger partial charge on any atom is -0.378 e. The summed E-state index contributed by atoms with van der Waals surface area (Å²) in [5.74, 6) is 0.704. The van der Waals surface area contributed by atoms with Gasteiger partial charge < -0.3 is 9.80 Å². The van der Waals surface area contributed by atoms with E-state index in [2.05, 4.69) is 17.1 Å². The number of pyridine rings is 1. The normalized spacial score (nSPS) is 10.2. The van der Waals surface area contributed by atoms with Crippen molar-refractivity contribution in [1.29, 1.82) is 0 Å². The molecule has 0 saturated carbocycles. The average Bonchev–Trinajstić information content (AvgIpc) is 2.47. The third kappa shape index (κ3) is 3.68. The van der Waals surface area contributed by atoms with Crippen LogP contribution in [0.1, 0.15) is 5.56 Å². The van der Waals surface area contributed by atoms with Crippen molar-refractivity contribution in [2.24, 2.45) is 0 Å². The molecular formula is C15H18N4O2. The maximum absolute atomic E-state index is 10.6. The summed E-state index contributed by atoms with van der Waals surface area (Å²) >= 11 is 0. The van der Waals surface area contributed by atoms with Crippen molar-refractivity contribution in [3.63, 3.8) is 0 Å². The van der Waals surface area contributed by atoms with Gasteiger partial charge in [-0.3, -0.25) is 10.1 Å². The number of hydrogen-bond acceptors (Lipinski definition) is 5. The third-order valence-electron chi connectivity index (χ3n) is 3.18. The predicted octanol–water partition coefficient (Wildman–Crippen LogP) is 2.69. The molecule has 2 rings (SSSR count). The van der Waals surface area contributed by atoms with E-state index < -0.39 is 4.92 Å². The van der Waals surface area contributed by atoms with Crippen LogP contribution >= 0.6 is 0 Å². The fraction of sp³-hybridized carbons (Fsp3) is 0.267. The number of benzene rings is 1. The lowest BCUT2D eigenvalue weighted by Gasteiger charge is -2.19. The van der Waals surface area contributed by atoms with Crippen LogP contribution in [0.5, 0.6) is 0 Å². The molecule has 0 N–H and O–H groups in total. The largest absolute Gasteiger partial charge is 0.378 e. The standard InChI is InChI=1S/C15H18N4O2/c1-17(2)13-6-4-5-12(9-13)11-18(3)15-8-7-14(10-16-15)19(20)21/h4-10H,11H2,1-3H3. The molecule has 0 spiro atoms. The van der Waals surface area contributed by atoms with Crippen LogP contribution in [0.2, 0.25) is 0 Å². The van der Waals surface area contributed by atoms with Crippen LogP contribution < -0.4 is 9.80 Å². The molecule has 0 aliphatic rings. The van der Waals surface area contributed by atoms with Crippen molar-refractivity contribution in [3.05, 3.63) is 58.3 Å². The van der Waals surface area contributed by atoms with Gasteiger partial charge in [-0.2, -0.15) is 0 Å². The molecule has 0 aliphatic heterocycles. The van der Waals surface area contributed by atoms with Crippen LogP contribution in [0.15, 0.2) is 42.6 Å². The van der Waals surface area contributed by atoms with Crippen LogP contribution in [-0.4, -0.2) is 31.1 Å². The van der Waals surface area contributed by atoms with E-state index >= 15 is 0 Å². The fourth-order valence-corrected chi connectivity index (χ4v) is 2.00. The van der Waals surface area contributed by atoms with Crippen LogP contribution in [0, 0.1) is 10.1 Å². The van der Waals surface area contributed by atoms with Gasteiger partial charge in [-0.15, -0.1) is 0 Å². The van der Waals surface area contributed by atoms with Gasteiger partial charge in [-0.25, -0.2) is 4.98 Å². The van der Waals surface area contributed by atoms with E-state index in [1.165, 1.54) is 12.3 Å². The molecule has 0 atom stereocenters. The van der Waals surface area contributed by atoms with Crippen LogP contribution in [0.4, 0.5) is 17.2 Å². The molecule has 21 heavy (non-hydrogen) atoms. The minimum absolute atomic E-state index is 0.00163. The highest BCUT2D eigenvalue weighted by molar-refractivity contribution is 5.49. The van der Waals surface area contributed by atoms with Gasteiger partial charge in [0.1, 0.15) is 12.0 Å². The molecule has 0 bridgehead atoms. The first-order valence-corrected chi connectivity index (χ1v) is 6.55. The van der Waals surface area contributed by atoms with E-state index in [0.29, 0.717) is 12.4 Å². The zero-order chi connectivity index (χ0) is 15.4. The molecular weight excluding hydrogens is 268 g/mol. The summed E-state index contributed by atoms with van der Waals surface area (Å²) < 4.78 is 0. The van der Waals surface area contributed by atoms with Gasteiger partial charge in [0.25, 0.3) is 5.69 Å². The average molecular weight is 286 g/mol. The van der Waals surface area contributed by atoms with Gasteiger partial charge in [0.2, 0.25) is 0 Å². The maximum atomic E-state index is 10.6. The molecule has 6 nitrogen and oxygen atoms in total. The summed E-state index contributed by atoms with van der Waals surface area (Å²) in [6.07, 6.45) is 1.28. The van der Waals surface area contributed by atoms with E-state index in [1.807, 2.05) is 43.1 Å². The highest BCUT2D eigenvalue weighted by Gasteiger charge is 2.09. The minimum atomic E-state index is -0.447. The molecule has 0 fully saturated rings. The molecule has 0 unspecified atom stereocenters. The summed E-state index contributed by atoms with van der Waals surface area (Å²) in [4.78, 5) is 18.3. The lowest BCUT2D eigenvalue weighted by Crippen LogP contribution is -2.18. The van der Waals surface area contributed by atoms with Crippen molar-refractivity contribution < 1.29 is 4.92 Å². The Bertz CT molecular complexity index is 626. The van der Waals surface area contributed by atoms with Crippen molar-refractivity contribution in [2.75, 3.05) is 30.9 Å². The second-order valence-corrected chi connectivity index (χ2v) is 5.05. The predicted molar refractivity (Wildman–Crippen MR) is 83.8 cm³/mol. The maximum Gasteiger partial charge on any atom is 0.287 e. The summed E-state index contributed by atoms with van der Waals surface area (Å²) in [7, 11) is 5.91. The summed E-state index contributed by atoms with van der Waals surface area (Å²) in [5.41, 5.74) is 2.29. The third-order valence-corrected chi connectivity index (χ3v) is 3.18. The Morgan fingerprint density at radius 2 is 1.95 bits per heavy atom. The van der Waals surface area contributed by atoms with Crippen LogP contribution in [-0.2, 0) is 6.54 Å². The molecule has 6 heteroatoms.